The van der Waals surface area contributed by atoms with Crippen LogP contribution in [0.3, 0.4) is 0 Å². The van der Waals surface area contributed by atoms with Crippen molar-refractivity contribution >= 4 is 11.8 Å². The Balaban J connectivity index is 2.15. The lowest BCUT2D eigenvalue weighted by Crippen LogP contribution is -2.23. The van der Waals surface area contributed by atoms with Crippen molar-refractivity contribution in [1.29, 1.82) is 0 Å². The molecule has 0 amide bonds. The highest BCUT2D eigenvalue weighted by molar-refractivity contribution is 5.99. The lowest BCUT2D eigenvalue weighted by atomic mass is 9.91. The molecule has 1 N–H and O–H groups in total. The number of carbonyl (C=O) groups is 2. The Hall–Kier alpha value is -1.72. The van der Waals surface area contributed by atoms with E-state index < -0.39 is 11.9 Å². The number of ether oxygens (including phenoxy) is 2. The predicted molar refractivity (Wildman–Crippen MR) is 104 cm³/mol. The Kier molecular flexibility index (Phi) is 8.95. The van der Waals surface area contributed by atoms with Gasteiger partial charge in [0.05, 0.1) is 12.5 Å². The minimum Gasteiger partial charge on any atom is -0.481 e. The zero-order valence-corrected chi connectivity index (χ0v) is 16.5. The molecule has 2 unspecified atom stereocenters. The first-order valence-corrected chi connectivity index (χ1v) is 10.2. The molecular weight excluding hydrogens is 344 g/mol. The third-order valence-corrected chi connectivity index (χ3v) is 4.99. The highest BCUT2D eigenvalue weighted by Gasteiger charge is 2.23. The molecule has 0 saturated carbocycles. The summed E-state index contributed by atoms with van der Waals surface area (Å²) in [5.74, 6) is -1.65. The van der Waals surface area contributed by atoms with Gasteiger partial charge in [-0.05, 0) is 49.3 Å². The van der Waals surface area contributed by atoms with Crippen molar-refractivity contribution < 1.29 is 24.2 Å². The molecule has 1 aliphatic rings. The van der Waals surface area contributed by atoms with Crippen LogP contribution in [0, 0.1) is 5.92 Å². The summed E-state index contributed by atoms with van der Waals surface area (Å²) in [5, 5.41) is 9.39. The smallest absolute Gasteiger partial charge is 0.306 e. The predicted octanol–water partition coefficient (Wildman–Crippen LogP) is 4.76. The van der Waals surface area contributed by atoms with Gasteiger partial charge in [0.2, 0.25) is 0 Å². The van der Waals surface area contributed by atoms with Gasteiger partial charge in [-0.15, -0.1) is 0 Å². The van der Waals surface area contributed by atoms with E-state index in [-0.39, 0.29) is 18.5 Å². The standard InChI is InChI=1S/C22H32O5/c1-3-7-16-10-11-18(15-27-21-9-5-6-12-26-21)19(13-16)20(23)14-17(8-4-2)22(24)25/h10-11,13,17,21H,3-9,12,14-15H2,1-2H3,(H,24,25). The molecule has 0 spiro atoms. The summed E-state index contributed by atoms with van der Waals surface area (Å²) in [7, 11) is 0. The molecule has 0 radical (unpaired) electrons. The van der Waals surface area contributed by atoms with Gasteiger partial charge in [0.1, 0.15) is 0 Å². The summed E-state index contributed by atoms with van der Waals surface area (Å²) in [5.41, 5.74) is 2.51. The van der Waals surface area contributed by atoms with Gasteiger partial charge in [-0.1, -0.05) is 38.8 Å². The Morgan fingerprint density at radius 2 is 2.07 bits per heavy atom. The van der Waals surface area contributed by atoms with E-state index in [4.69, 9.17) is 9.47 Å². The Labute approximate surface area is 162 Å². The average Bonchev–Trinajstić information content (AvgIpc) is 2.67. The minimum atomic E-state index is -0.900. The van der Waals surface area contributed by atoms with Crippen LogP contribution in [0.1, 0.15) is 80.3 Å². The maximum Gasteiger partial charge on any atom is 0.306 e. The van der Waals surface area contributed by atoms with Crippen molar-refractivity contribution in [2.45, 2.75) is 78.1 Å². The molecule has 1 saturated heterocycles. The molecule has 2 atom stereocenters. The van der Waals surface area contributed by atoms with Crippen LogP contribution < -0.4 is 0 Å². The number of carboxylic acids is 1. The van der Waals surface area contributed by atoms with Crippen molar-refractivity contribution in [1.82, 2.24) is 0 Å². The summed E-state index contributed by atoms with van der Waals surface area (Å²) in [6.45, 7) is 5.05. The van der Waals surface area contributed by atoms with E-state index in [0.29, 0.717) is 25.2 Å². The van der Waals surface area contributed by atoms with Crippen LogP contribution >= 0.6 is 0 Å². The van der Waals surface area contributed by atoms with Crippen molar-refractivity contribution in [2.75, 3.05) is 6.61 Å². The van der Waals surface area contributed by atoms with E-state index in [1.165, 1.54) is 0 Å². The molecule has 1 heterocycles. The fourth-order valence-electron chi connectivity index (χ4n) is 3.47. The van der Waals surface area contributed by atoms with Gasteiger partial charge in [0.15, 0.2) is 12.1 Å². The highest BCUT2D eigenvalue weighted by Crippen LogP contribution is 2.23. The maximum absolute atomic E-state index is 12.9. The number of rotatable bonds is 11. The van der Waals surface area contributed by atoms with Crippen LogP contribution in [0.15, 0.2) is 18.2 Å². The van der Waals surface area contributed by atoms with Crippen molar-refractivity contribution in [3.63, 3.8) is 0 Å². The van der Waals surface area contributed by atoms with Gasteiger partial charge < -0.3 is 14.6 Å². The van der Waals surface area contributed by atoms with E-state index in [1.807, 2.05) is 25.1 Å². The van der Waals surface area contributed by atoms with Crippen LogP contribution in [0.5, 0.6) is 0 Å². The summed E-state index contributed by atoms with van der Waals surface area (Å²) in [4.78, 5) is 24.4. The monoisotopic (exact) mass is 376 g/mol. The van der Waals surface area contributed by atoms with E-state index in [0.717, 1.165) is 49.7 Å². The molecule has 1 fully saturated rings. The first kappa shape index (κ1) is 21.6. The normalized spacial score (nSPS) is 18.2. The molecule has 5 nitrogen and oxygen atoms in total. The number of hydrogen-bond acceptors (Lipinski definition) is 4. The number of hydrogen-bond donors (Lipinski definition) is 1. The lowest BCUT2D eigenvalue weighted by molar-refractivity contribution is -0.169. The zero-order valence-electron chi connectivity index (χ0n) is 16.5. The van der Waals surface area contributed by atoms with Gasteiger partial charge in [-0.2, -0.15) is 0 Å². The first-order chi connectivity index (χ1) is 13.0. The molecular formula is C22H32O5. The van der Waals surface area contributed by atoms with Gasteiger partial charge in [-0.3, -0.25) is 9.59 Å². The number of aryl methyl sites for hydroxylation is 1. The molecule has 1 aromatic carbocycles. The Morgan fingerprint density at radius 3 is 2.70 bits per heavy atom. The molecule has 0 aliphatic carbocycles. The summed E-state index contributed by atoms with van der Waals surface area (Å²) < 4.78 is 11.5. The van der Waals surface area contributed by atoms with Crippen LogP contribution in [0.25, 0.3) is 0 Å². The van der Waals surface area contributed by atoms with Crippen LogP contribution in [0.4, 0.5) is 0 Å². The Morgan fingerprint density at radius 1 is 1.26 bits per heavy atom. The van der Waals surface area contributed by atoms with Crippen LogP contribution in [-0.4, -0.2) is 29.8 Å². The Bertz CT molecular complexity index is 619. The maximum atomic E-state index is 12.9. The lowest BCUT2D eigenvalue weighted by Gasteiger charge is -2.23. The minimum absolute atomic E-state index is 0.0334. The largest absolute Gasteiger partial charge is 0.481 e. The highest BCUT2D eigenvalue weighted by atomic mass is 16.7. The molecule has 0 bridgehead atoms. The second-order valence-electron chi connectivity index (χ2n) is 7.30. The van der Waals surface area contributed by atoms with E-state index in [9.17, 15) is 14.7 Å². The third kappa shape index (κ3) is 6.74. The molecule has 0 aromatic heterocycles. The quantitative estimate of drug-likeness (QED) is 0.564. The fourth-order valence-corrected chi connectivity index (χ4v) is 3.47. The van der Waals surface area contributed by atoms with Gasteiger partial charge in [0.25, 0.3) is 0 Å². The molecule has 5 heteroatoms. The number of carbonyl (C=O) groups excluding carboxylic acids is 1. The summed E-state index contributed by atoms with van der Waals surface area (Å²) in [6, 6.07) is 5.88. The van der Waals surface area contributed by atoms with Crippen molar-refractivity contribution in [3.05, 3.63) is 34.9 Å². The number of carboxylic acid groups (broad SMARTS) is 1. The van der Waals surface area contributed by atoms with Gasteiger partial charge in [-0.25, -0.2) is 0 Å². The number of benzene rings is 1. The third-order valence-electron chi connectivity index (χ3n) is 4.99. The summed E-state index contributed by atoms with van der Waals surface area (Å²) in [6.07, 6.45) is 5.97. The first-order valence-electron chi connectivity index (χ1n) is 10.2. The molecule has 1 aliphatic heterocycles. The number of Topliss-reactive ketones (excluding diaryl/α,β-unsaturated/α-hetero) is 1. The molecule has 27 heavy (non-hydrogen) atoms. The topological polar surface area (TPSA) is 72.8 Å². The number of ketones is 1. The van der Waals surface area contributed by atoms with E-state index in [1.54, 1.807) is 0 Å². The van der Waals surface area contributed by atoms with E-state index in [2.05, 4.69) is 6.92 Å². The summed E-state index contributed by atoms with van der Waals surface area (Å²) >= 11 is 0. The van der Waals surface area contributed by atoms with Crippen molar-refractivity contribution in [2.24, 2.45) is 5.92 Å². The van der Waals surface area contributed by atoms with Crippen LogP contribution in [0.2, 0.25) is 0 Å². The average molecular weight is 376 g/mol. The van der Waals surface area contributed by atoms with Crippen LogP contribution in [-0.2, 0) is 27.3 Å². The van der Waals surface area contributed by atoms with Gasteiger partial charge >= 0.3 is 5.97 Å². The molecule has 150 valence electrons. The number of aliphatic carboxylic acids is 1. The SMILES string of the molecule is CCCc1ccc(COC2CCCCO2)c(C(=O)CC(CCC)C(=O)O)c1. The van der Waals surface area contributed by atoms with Crippen molar-refractivity contribution in [3.8, 4) is 0 Å². The second kappa shape index (κ2) is 11.2. The van der Waals surface area contributed by atoms with E-state index >= 15 is 0 Å². The molecule has 2 rings (SSSR count). The fraction of sp³-hybridized carbons (Fsp3) is 0.636. The van der Waals surface area contributed by atoms with Gasteiger partial charge in [0, 0.05) is 18.6 Å². The molecule has 1 aromatic rings. The second-order valence-corrected chi connectivity index (χ2v) is 7.30. The zero-order chi connectivity index (χ0) is 19.6.